The molecule has 0 saturated carbocycles. The third-order valence-electron chi connectivity index (χ3n) is 4.06. The molecule has 0 spiro atoms. The fourth-order valence-corrected chi connectivity index (χ4v) is 4.50. The van der Waals surface area contributed by atoms with Gasteiger partial charge in [0.05, 0.1) is 24.0 Å². The first-order valence-electron chi connectivity index (χ1n) is 7.30. The second kappa shape index (κ2) is 6.85. The molecule has 20 heavy (non-hydrogen) atoms. The predicted molar refractivity (Wildman–Crippen MR) is 75.6 cm³/mol. The van der Waals surface area contributed by atoms with Gasteiger partial charge in [-0.25, -0.2) is 8.42 Å². The molecule has 7 heteroatoms. The smallest absolute Gasteiger partial charge is 0.216 e. The highest BCUT2D eigenvalue weighted by Gasteiger charge is 2.32. The Morgan fingerprint density at radius 2 is 2.05 bits per heavy atom. The maximum atomic E-state index is 12.3. The Bertz CT molecular complexity index is 446. The average molecular weight is 301 g/mol. The van der Waals surface area contributed by atoms with Gasteiger partial charge >= 0.3 is 0 Å². The third kappa shape index (κ3) is 3.70. The molecule has 0 aromatic carbocycles. The summed E-state index contributed by atoms with van der Waals surface area (Å²) in [5.74, 6) is 0.0997. The molecule has 0 aromatic heterocycles. The molecular formula is C13H23N3O3S. The number of sulfonamides is 1. The van der Waals surface area contributed by atoms with Crippen molar-refractivity contribution in [1.82, 2.24) is 9.21 Å². The van der Waals surface area contributed by atoms with Gasteiger partial charge in [-0.05, 0) is 19.3 Å². The van der Waals surface area contributed by atoms with Gasteiger partial charge in [-0.2, -0.15) is 9.57 Å². The van der Waals surface area contributed by atoms with Crippen LogP contribution in [0.1, 0.15) is 26.2 Å². The molecule has 2 heterocycles. The highest BCUT2D eigenvalue weighted by atomic mass is 32.2. The monoisotopic (exact) mass is 301 g/mol. The lowest BCUT2D eigenvalue weighted by atomic mass is 10.2. The van der Waals surface area contributed by atoms with Gasteiger partial charge in [0.15, 0.2) is 0 Å². The van der Waals surface area contributed by atoms with E-state index in [1.807, 2.05) is 6.92 Å². The Morgan fingerprint density at radius 3 is 2.55 bits per heavy atom. The van der Waals surface area contributed by atoms with Crippen LogP contribution in [0.15, 0.2) is 0 Å². The zero-order valence-corrected chi connectivity index (χ0v) is 12.8. The quantitative estimate of drug-likeness (QED) is 0.735. The summed E-state index contributed by atoms with van der Waals surface area (Å²) in [4.78, 5) is 2.07. The van der Waals surface area contributed by atoms with Crippen LogP contribution >= 0.6 is 0 Å². The van der Waals surface area contributed by atoms with Crippen LogP contribution in [0.4, 0.5) is 0 Å². The van der Waals surface area contributed by atoms with E-state index >= 15 is 0 Å². The van der Waals surface area contributed by atoms with E-state index in [1.165, 1.54) is 0 Å². The van der Waals surface area contributed by atoms with Crippen molar-refractivity contribution < 1.29 is 13.2 Å². The first kappa shape index (κ1) is 15.7. The molecule has 2 rings (SSSR count). The molecule has 0 amide bonds. The lowest BCUT2D eigenvalue weighted by Gasteiger charge is -2.36. The van der Waals surface area contributed by atoms with Gasteiger partial charge in [0.1, 0.15) is 0 Å². The molecule has 2 aliphatic rings. The highest BCUT2D eigenvalue weighted by molar-refractivity contribution is 7.89. The minimum atomic E-state index is -3.23. The molecule has 2 aliphatic heterocycles. The van der Waals surface area contributed by atoms with E-state index in [1.54, 1.807) is 4.31 Å². The molecule has 0 N–H and O–H groups in total. The molecule has 2 atom stereocenters. The largest absolute Gasteiger partial charge is 0.377 e. The summed E-state index contributed by atoms with van der Waals surface area (Å²) >= 11 is 0. The third-order valence-corrected chi connectivity index (χ3v) is 6.01. The summed E-state index contributed by atoms with van der Waals surface area (Å²) < 4.78 is 31.6. The van der Waals surface area contributed by atoms with Crippen LogP contribution in [0.5, 0.6) is 0 Å². The second-order valence-corrected chi connectivity index (χ2v) is 7.42. The van der Waals surface area contributed by atoms with E-state index in [0.717, 1.165) is 19.3 Å². The molecule has 114 valence electrons. The van der Waals surface area contributed by atoms with Crippen molar-refractivity contribution in [1.29, 1.82) is 5.26 Å². The van der Waals surface area contributed by atoms with Crippen molar-refractivity contribution in [2.45, 2.75) is 38.3 Å². The predicted octanol–water partition coefficient (Wildman–Crippen LogP) is 0.415. The number of nitriles is 1. The van der Waals surface area contributed by atoms with E-state index < -0.39 is 10.0 Å². The summed E-state index contributed by atoms with van der Waals surface area (Å²) in [5.41, 5.74) is 0. The standard InChI is InChI=1S/C13H23N3O3S/c1-2-12(10-14)15-5-7-16(8-6-15)20(17,18)11-13-4-3-9-19-13/h12-13H,2-9,11H2,1H3. The maximum Gasteiger partial charge on any atom is 0.216 e. The normalized spacial score (nSPS) is 27.3. The molecule has 2 fully saturated rings. The van der Waals surface area contributed by atoms with Crippen molar-refractivity contribution in [2.75, 3.05) is 38.5 Å². The van der Waals surface area contributed by atoms with Crippen LogP contribution in [0.2, 0.25) is 0 Å². The first-order valence-corrected chi connectivity index (χ1v) is 8.91. The average Bonchev–Trinajstić information content (AvgIpc) is 2.93. The number of hydrogen-bond acceptors (Lipinski definition) is 5. The Morgan fingerprint density at radius 1 is 1.35 bits per heavy atom. The van der Waals surface area contributed by atoms with E-state index in [4.69, 9.17) is 10.00 Å². The van der Waals surface area contributed by atoms with Crippen LogP contribution in [0.25, 0.3) is 0 Å². The van der Waals surface area contributed by atoms with Crippen LogP contribution in [0.3, 0.4) is 0 Å². The zero-order chi connectivity index (χ0) is 14.6. The Hall–Kier alpha value is -0.680. The highest BCUT2D eigenvalue weighted by Crippen LogP contribution is 2.18. The van der Waals surface area contributed by atoms with Gasteiger partial charge in [0.25, 0.3) is 0 Å². The van der Waals surface area contributed by atoms with Crippen LogP contribution in [-0.2, 0) is 14.8 Å². The van der Waals surface area contributed by atoms with Crippen molar-refractivity contribution >= 4 is 10.0 Å². The molecule has 6 nitrogen and oxygen atoms in total. The van der Waals surface area contributed by atoms with Crippen LogP contribution in [-0.4, -0.2) is 68.3 Å². The van der Waals surface area contributed by atoms with Crippen molar-refractivity contribution in [2.24, 2.45) is 0 Å². The van der Waals surface area contributed by atoms with Gasteiger partial charge in [0, 0.05) is 32.8 Å². The maximum absolute atomic E-state index is 12.3. The fourth-order valence-electron chi connectivity index (χ4n) is 2.84. The summed E-state index contributed by atoms with van der Waals surface area (Å²) in [7, 11) is -3.23. The van der Waals surface area contributed by atoms with Gasteiger partial charge in [-0.15, -0.1) is 0 Å². The summed E-state index contributed by atoms with van der Waals surface area (Å²) in [6.07, 6.45) is 2.43. The van der Waals surface area contributed by atoms with Crippen molar-refractivity contribution in [3.63, 3.8) is 0 Å². The van der Waals surface area contributed by atoms with E-state index in [9.17, 15) is 8.42 Å². The van der Waals surface area contributed by atoms with E-state index in [-0.39, 0.29) is 17.9 Å². The van der Waals surface area contributed by atoms with Crippen LogP contribution in [0, 0.1) is 11.3 Å². The van der Waals surface area contributed by atoms with Gasteiger partial charge < -0.3 is 4.74 Å². The Kier molecular flexibility index (Phi) is 5.38. The van der Waals surface area contributed by atoms with Crippen molar-refractivity contribution in [3.05, 3.63) is 0 Å². The molecular weight excluding hydrogens is 278 g/mol. The molecule has 0 bridgehead atoms. The Labute approximate surface area is 121 Å². The summed E-state index contributed by atoms with van der Waals surface area (Å²) in [6, 6.07) is 2.17. The van der Waals surface area contributed by atoms with Crippen LogP contribution < -0.4 is 0 Å². The second-order valence-electron chi connectivity index (χ2n) is 5.40. The first-order chi connectivity index (χ1) is 9.56. The minimum absolute atomic E-state index is 0.0991. The summed E-state index contributed by atoms with van der Waals surface area (Å²) in [6.45, 7) is 4.89. The molecule has 2 unspecified atom stereocenters. The number of nitrogens with zero attached hydrogens (tertiary/aromatic N) is 3. The topological polar surface area (TPSA) is 73.6 Å². The SMILES string of the molecule is CCC(C#N)N1CCN(S(=O)(=O)CC2CCCO2)CC1. The lowest BCUT2D eigenvalue weighted by Crippen LogP contribution is -2.52. The summed E-state index contributed by atoms with van der Waals surface area (Å²) in [5, 5.41) is 9.05. The number of rotatable bonds is 5. The molecule has 0 aromatic rings. The lowest BCUT2D eigenvalue weighted by molar-refractivity contribution is 0.124. The molecule has 2 saturated heterocycles. The van der Waals surface area contributed by atoms with E-state index in [0.29, 0.717) is 32.8 Å². The number of ether oxygens (including phenoxy) is 1. The van der Waals surface area contributed by atoms with Gasteiger partial charge in [-0.3, -0.25) is 4.90 Å². The van der Waals surface area contributed by atoms with Crippen molar-refractivity contribution in [3.8, 4) is 6.07 Å². The number of hydrogen-bond donors (Lipinski definition) is 0. The molecule has 0 aliphatic carbocycles. The van der Waals surface area contributed by atoms with E-state index in [2.05, 4.69) is 11.0 Å². The van der Waals surface area contributed by atoms with Gasteiger partial charge in [-0.1, -0.05) is 6.92 Å². The molecule has 0 radical (unpaired) electrons. The Balaban J connectivity index is 1.87. The number of piperazine rings is 1. The minimum Gasteiger partial charge on any atom is -0.377 e. The van der Waals surface area contributed by atoms with Gasteiger partial charge in [0.2, 0.25) is 10.0 Å². The fraction of sp³-hybridized carbons (Fsp3) is 0.923. The zero-order valence-electron chi connectivity index (χ0n) is 12.0.